The molecule has 2 aromatic rings. The Labute approximate surface area is 148 Å². The topological polar surface area (TPSA) is 77.2 Å². The Morgan fingerprint density at radius 3 is 2.26 bits per heavy atom. The summed E-state index contributed by atoms with van der Waals surface area (Å²) in [7, 11) is 1.52. The fraction of sp³-hybridized carbons (Fsp3) is 0.250. The Bertz CT molecular complexity index is 580. The summed E-state index contributed by atoms with van der Waals surface area (Å²) in [5.41, 5.74) is 8.90. The lowest BCUT2D eigenvalue weighted by atomic mass is 10.1. The van der Waals surface area contributed by atoms with E-state index in [-0.39, 0.29) is 37.3 Å². The van der Waals surface area contributed by atoms with Gasteiger partial charge < -0.3 is 15.8 Å². The monoisotopic (exact) mass is 357 g/mol. The molecule has 0 fully saturated rings. The zero-order valence-corrected chi connectivity index (χ0v) is 14.4. The van der Waals surface area contributed by atoms with Crippen molar-refractivity contribution in [1.29, 1.82) is 0 Å². The van der Waals surface area contributed by atoms with Gasteiger partial charge in [-0.2, -0.15) is 0 Å². The number of carbonyl (C=O) groups is 1. The van der Waals surface area contributed by atoms with Crippen molar-refractivity contribution >= 4 is 30.7 Å². The number of pyridine rings is 1. The van der Waals surface area contributed by atoms with E-state index in [2.05, 4.69) is 10.3 Å². The quantitative estimate of drug-likeness (QED) is 0.830. The van der Waals surface area contributed by atoms with Crippen molar-refractivity contribution in [2.24, 2.45) is 5.73 Å². The number of amides is 1. The lowest BCUT2D eigenvalue weighted by Crippen LogP contribution is -2.43. The van der Waals surface area contributed by atoms with Crippen LogP contribution >= 0.6 is 24.8 Å². The van der Waals surface area contributed by atoms with Gasteiger partial charge in [0, 0.05) is 26.0 Å². The number of benzene rings is 1. The Hall–Kier alpha value is -1.66. The van der Waals surface area contributed by atoms with Gasteiger partial charge in [0.25, 0.3) is 0 Å². The van der Waals surface area contributed by atoms with Gasteiger partial charge in [-0.25, -0.2) is 0 Å². The van der Waals surface area contributed by atoms with Gasteiger partial charge in [0.1, 0.15) is 6.04 Å². The first-order chi connectivity index (χ1) is 10.2. The number of methoxy groups -OCH3 is 1. The average Bonchev–Trinajstić information content (AvgIpc) is 2.54. The third kappa shape index (κ3) is 6.54. The van der Waals surface area contributed by atoms with Crippen LogP contribution < -0.4 is 11.1 Å². The van der Waals surface area contributed by atoms with E-state index >= 15 is 0 Å². The molecule has 0 saturated heterocycles. The summed E-state index contributed by atoms with van der Waals surface area (Å²) in [5.74, 6) is -0.213. The Morgan fingerprint density at radius 1 is 1.13 bits per heavy atom. The molecule has 1 heterocycles. The van der Waals surface area contributed by atoms with Gasteiger partial charge in [0.05, 0.1) is 6.61 Å². The molecule has 1 amide bonds. The van der Waals surface area contributed by atoms with Gasteiger partial charge in [0.15, 0.2) is 0 Å². The van der Waals surface area contributed by atoms with E-state index in [0.717, 1.165) is 16.7 Å². The van der Waals surface area contributed by atoms with Gasteiger partial charge >= 0.3 is 0 Å². The summed E-state index contributed by atoms with van der Waals surface area (Å²) in [6, 6.07) is 11.3. The molecule has 0 aliphatic rings. The van der Waals surface area contributed by atoms with Gasteiger partial charge in [-0.15, -0.1) is 24.8 Å². The second kappa shape index (κ2) is 11.0. The van der Waals surface area contributed by atoms with Crippen LogP contribution in [0.3, 0.4) is 0 Å². The minimum absolute atomic E-state index is 0. The first kappa shape index (κ1) is 21.3. The highest BCUT2D eigenvalue weighted by atomic mass is 35.5. The van der Waals surface area contributed by atoms with E-state index in [1.54, 1.807) is 12.4 Å². The van der Waals surface area contributed by atoms with Gasteiger partial charge in [-0.3, -0.25) is 9.78 Å². The first-order valence-electron chi connectivity index (χ1n) is 6.72. The summed E-state index contributed by atoms with van der Waals surface area (Å²) in [6.45, 7) is 0.666. The fourth-order valence-electron chi connectivity index (χ4n) is 1.93. The highest BCUT2D eigenvalue weighted by Gasteiger charge is 2.12. The number of carbonyl (C=O) groups excluding carboxylic acids is 1. The molecule has 1 aromatic carbocycles. The minimum Gasteiger partial charge on any atom is -0.383 e. The molecule has 7 heteroatoms. The van der Waals surface area contributed by atoms with Crippen LogP contribution in [0.25, 0.3) is 11.1 Å². The van der Waals surface area contributed by atoms with Gasteiger partial charge in [-0.05, 0) is 28.8 Å². The molecular weight excluding hydrogens is 337 g/mol. The molecule has 126 valence electrons. The summed E-state index contributed by atoms with van der Waals surface area (Å²) in [6.07, 6.45) is 3.53. The maximum absolute atomic E-state index is 11.7. The highest BCUT2D eigenvalue weighted by Crippen LogP contribution is 2.18. The third-order valence-electron chi connectivity index (χ3n) is 3.12. The molecule has 5 nitrogen and oxygen atoms in total. The molecular formula is C16H21Cl2N3O2. The molecule has 1 unspecified atom stereocenters. The molecule has 23 heavy (non-hydrogen) atoms. The Morgan fingerprint density at radius 2 is 1.70 bits per heavy atom. The summed E-state index contributed by atoms with van der Waals surface area (Å²) in [5, 5.41) is 2.79. The predicted molar refractivity (Wildman–Crippen MR) is 95.9 cm³/mol. The van der Waals surface area contributed by atoms with Crippen LogP contribution in [0.4, 0.5) is 0 Å². The zero-order valence-electron chi connectivity index (χ0n) is 12.8. The number of halogens is 2. The zero-order chi connectivity index (χ0) is 15.1. The lowest BCUT2D eigenvalue weighted by molar-refractivity contribution is -0.123. The largest absolute Gasteiger partial charge is 0.383 e. The number of hydrogen-bond donors (Lipinski definition) is 2. The molecule has 2 rings (SSSR count). The minimum atomic E-state index is -0.633. The molecule has 0 saturated carbocycles. The number of aromatic nitrogens is 1. The van der Waals surface area contributed by atoms with Crippen LogP contribution in [-0.4, -0.2) is 30.6 Å². The Kier molecular flexibility index (Phi) is 10.2. The number of nitrogens with two attached hydrogens (primary N) is 1. The van der Waals surface area contributed by atoms with Crippen molar-refractivity contribution in [2.75, 3.05) is 13.7 Å². The second-order valence-electron chi connectivity index (χ2n) is 4.71. The molecule has 0 radical (unpaired) electrons. The van der Waals surface area contributed by atoms with Crippen molar-refractivity contribution < 1.29 is 9.53 Å². The van der Waals surface area contributed by atoms with Crippen LogP contribution in [0.2, 0.25) is 0 Å². The standard InChI is InChI=1S/C16H19N3O2.2ClH/c1-21-11-15(17)16(20)19-10-12-2-4-13(5-3-12)14-6-8-18-9-7-14;;/h2-9,15H,10-11,17H2,1H3,(H,19,20);2*1H. The van der Waals surface area contributed by atoms with Crippen LogP contribution in [-0.2, 0) is 16.1 Å². The molecule has 0 spiro atoms. The van der Waals surface area contributed by atoms with Crippen molar-refractivity contribution in [3.8, 4) is 11.1 Å². The number of nitrogens with zero attached hydrogens (tertiary/aromatic N) is 1. The van der Waals surface area contributed by atoms with Crippen LogP contribution in [0.5, 0.6) is 0 Å². The SMILES string of the molecule is COCC(N)C(=O)NCc1ccc(-c2ccncc2)cc1.Cl.Cl. The highest BCUT2D eigenvalue weighted by molar-refractivity contribution is 5.85. The predicted octanol–water partition coefficient (Wildman–Crippen LogP) is 2.18. The molecule has 3 N–H and O–H groups in total. The summed E-state index contributed by atoms with van der Waals surface area (Å²) < 4.78 is 4.85. The molecule has 0 aliphatic heterocycles. The van der Waals surface area contributed by atoms with Crippen LogP contribution in [0.15, 0.2) is 48.8 Å². The Balaban J connectivity index is 0.00000242. The molecule has 0 aliphatic carbocycles. The third-order valence-corrected chi connectivity index (χ3v) is 3.12. The summed E-state index contributed by atoms with van der Waals surface area (Å²) in [4.78, 5) is 15.7. The van der Waals surface area contributed by atoms with E-state index in [9.17, 15) is 4.79 Å². The van der Waals surface area contributed by atoms with Crippen molar-refractivity contribution in [3.63, 3.8) is 0 Å². The van der Waals surface area contributed by atoms with E-state index < -0.39 is 6.04 Å². The van der Waals surface area contributed by atoms with Crippen molar-refractivity contribution in [3.05, 3.63) is 54.4 Å². The summed E-state index contributed by atoms with van der Waals surface area (Å²) >= 11 is 0. The first-order valence-corrected chi connectivity index (χ1v) is 6.72. The van der Waals surface area contributed by atoms with E-state index in [0.29, 0.717) is 6.54 Å². The average molecular weight is 358 g/mol. The second-order valence-corrected chi connectivity index (χ2v) is 4.71. The smallest absolute Gasteiger partial charge is 0.239 e. The number of rotatable bonds is 6. The van der Waals surface area contributed by atoms with E-state index in [1.807, 2.05) is 36.4 Å². The number of hydrogen-bond acceptors (Lipinski definition) is 4. The molecule has 1 atom stereocenters. The molecule has 1 aromatic heterocycles. The van der Waals surface area contributed by atoms with E-state index in [1.165, 1.54) is 7.11 Å². The van der Waals surface area contributed by atoms with E-state index in [4.69, 9.17) is 10.5 Å². The maximum atomic E-state index is 11.7. The van der Waals surface area contributed by atoms with Gasteiger partial charge in [-0.1, -0.05) is 24.3 Å². The van der Waals surface area contributed by atoms with Crippen molar-refractivity contribution in [2.45, 2.75) is 12.6 Å². The fourth-order valence-corrected chi connectivity index (χ4v) is 1.93. The molecule has 0 bridgehead atoms. The number of ether oxygens (including phenoxy) is 1. The normalized spacial score (nSPS) is 10.9. The maximum Gasteiger partial charge on any atom is 0.239 e. The van der Waals surface area contributed by atoms with Crippen molar-refractivity contribution in [1.82, 2.24) is 10.3 Å². The lowest BCUT2D eigenvalue weighted by Gasteiger charge is -2.11. The van der Waals surface area contributed by atoms with Crippen LogP contribution in [0.1, 0.15) is 5.56 Å². The van der Waals surface area contributed by atoms with Gasteiger partial charge in [0.2, 0.25) is 5.91 Å². The van der Waals surface area contributed by atoms with Crippen LogP contribution in [0, 0.1) is 0 Å². The number of nitrogens with one attached hydrogen (secondary N) is 1.